The molecular weight excluding hydrogens is 1060 g/mol. The number of aromatic nitrogens is 3. The van der Waals surface area contributed by atoms with Crippen molar-refractivity contribution in [1.82, 2.24) is 14.5 Å². The Kier molecular flexibility index (Phi) is 12.8. The molecule has 1 fully saturated rings. The molecule has 3 aliphatic carbocycles. The number of furan rings is 1. The van der Waals surface area contributed by atoms with Gasteiger partial charge in [0.2, 0.25) is 0 Å². The number of hydrogen-bond donors (Lipinski definition) is 0. The van der Waals surface area contributed by atoms with Crippen molar-refractivity contribution in [2.45, 2.75) is 110 Å². The van der Waals surface area contributed by atoms with E-state index >= 15 is 0 Å². The average molecular weight is 1120 g/mol. The van der Waals surface area contributed by atoms with E-state index in [2.05, 4.69) is 204 Å². The molecule has 1 radical (unpaired) electrons. The Morgan fingerprint density at radius 1 is 0.606 bits per heavy atom. The molecule has 0 spiro atoms. The molecule has 0 aliphatic heterocycles. The van der Waals surface area contributed by atoms with E-state index in [4.69, 9.17) is 9.40 Å². The number of para-hydroxylation sites is 2. The Labute approximate surface area is 435 Å². The van der Waals surface area contributed by atoms with Gasteiger partial charge < -0.3 is 14.0 Å². The summed E-state index contributed by atoms with van der Waals surface area (Å²) in [5.74, 6) is 1.41. The van der Waals surface area contributed by atoms with E-state index in [0.717, 1.165) is 61.2 Å². The maximum Gasteiger partial charge on any atom is 0.121 e. The molecule has 4 nitrogen and oxygen atoms in total. The Hall–Kier alpha value is -6.17. The van der Waals surface area contributed by atoms with Crippen molar-refractivity contribution in [3.8, 4) is 50.6 Å². The van der Waals surface area contributed by atoms with Crippen LogP contribution < -0.4 is 5.19 Å². The quantitative estimate of drug-likeness (QED) is 0.112. The van der Waals surface area contributed by atoms with Crippen LogP contribution in [-0.4, -0.2) is 22.6 Å². The fourth-order valence-electron chi connectivity index (χ4n) is 11.3. The van der Waals surface area contributed by atoms with Crippen LogP contribution in [0.2, 0.25) is 19.6 Å². The van der Waals surface area contributed by atoms with Crippen LogP contribution >= 0.6 is 0 Å². The van der Waals surface area contributed by atoms with Crippen LogP contribution in [0.3, 0.4) is 0 Å². The fraction of sp³-hybridized carbons (Fsp3) is 0.262. The van der Waals surface area contributed by atoms with Crippen LogP contribution in [-0.2, 0) is 30.9 Å². The third-order valence-electron chi connectivity index (χ3n) is 15.7. The van der Waals surface area contributed by atoms with E-state index in [1.165, 1.54) is 64.4 Å². The summed E-state index contributed by atoms with van der Waals surface area (Å²) in [6, 6.07) is 61.1. The summed E-state index contributed by atoms with van der Waals surface area (Å²) in [5, 5.41) is 3.56. The second kappa shape index (κ2) is 18.8. The smallest absolute Gasteiger partial charge is 0.121 e. The molecule has 1 saturated carbocycles. The molecule has 0 unspecified atom stereocenters. The summed E-state index contributed by atoms with van der Waals surface area (Å²) in [5.41, 5.74) is 19.2. The summed E-state index contributed by atoms with van der Waals surface area (Å²) < 4.78 is 9.22. The van der Waals surface area contributed by atoms with E-state index in [0.29, 0.717) is 5.41 Å². The molecule has 10 aromatic rings. The first-order chi connectivity index (χ1) is 33.7. The zero-order valence-corrected chi connectivity index (χ0v) is 46.0. The molecule has 0 amide bonds. The number of nitrogens with zero attached hydrogens (tertiary/aromatic N) is 3. The second-order valence-corrected chi connectivity index (χ2v) is 27.3. The van der Waals surface area contributed by atoms with Gasteiger partial charge in [-0.25, -0.2) is 0 Å². The summed E-state index contributed by atoms with van der Waals surface area (Å²) >= 11 is 0. The molecule has 359 valence electrons. The SMILES string of the molecule is CC(C)c1cc(-c2ccc3c(c2)C2(C)CCC3(C)CC2)cc(C(C)C)c1-n1c(-c2[c-]ccc3c2oc2cc(-c4ccccc4)ccc23)nc2ccccc21.C[Si](C)(C)c1ccc(-c2[c-]cccc2)nc1.[Ir]. The minimum Gasteiger partial charge on any atom is -0.501 e. The molecule has 0 atom stereocenters. The first-order valence-electron chi connectivity index (χ1n) is 25.4. The Morgan fingerprint density at radius 2 is 1.27 bits per heavy atom. The fourth-order valence-corrected chi connectivity index (χ4v) is 12.3. The van der Waals surface area contributed by atoms with Gasteiger partial charge in [-0.15, -0.1) is 54.1 Å². The normalized spacial score (nSPS) is 17.4. The summed E-state index contributed by atoms with van der Waals surface area (Å²) in [4.78, 5) is 9.90. The molecular formula is C65H63IrN3OSi-2. The van der Waals surface area contributed by atoms with Gasteiger partial charge in [-0.05, 0) is 134 Å². The predicted molar refractivity (Wildman–Crippen MR) is 296 cm³/mol. The number of rotatable bonds is 8. The molecule has 13 rings (SSSR count). The third kappa shape index (κ3) is 8.77. The van der Waals surface area contributed by atoms with E-state index in [1.807, 2.05) is 36.5 Å². The maximum atomic E-state index is 6.82. The largest absolute Gasteiger partial charge is 0.501 e. The number of pyridine rings is 1. The monoisotopic (exact) mass is 1120 g/mol. The van der Waals surface area contributed by atoms with Crippen molar-refractivity contribution >= 4 is 46.2 Å². The van der Waals surface area contributed by atoms with Crippen LogP contribution in [0.1, 0.15) is 101 Å². The molecule has 3 aliphatic rings. The summed E-state index contributed by atoms with van der Waals surface area (Å²) in [6.45, 7) is 21.3. The van der Waals surface area contributed by atoms with Gasteiger partial charge in [0.25, 0.3) is 0 Å². The van der Waals surface area contributed by atoms with Crippen molar-refractivity contribution in [3.63, 3.8) is 0 Å². The minimum atomic E-state index is -1.23. The Balaban J connectivity index is 0.000000292. The van der Waals surface area contributed by atoms with Gasteiger partial charge in [-0.2, -0.15) is 0 Å². The van der Waals surface area contributed by atoms with Gasteiger partial charge in [-0.1, -0.05) is 157 Å². The Bertz CT molecular complexity index is 3530. The summed E-state index contributed by atoms with van der Waals surface area (Å²) in [6.07, 6.45) is 7.19. The number of hydrogen-bond acceptors (Lipinski definition) is 3. The molecule has 2 bridgehead atoms. The number of fused-ring (bicyclic) bond motifs is 6. The van der Waals surface area contributed by atoms with E-state index in [9.17, 15) is 0 Å². The Morgan fingerprint density at radius 3 is 1.93 bits per heavy atom. The molecule has 3 aromatic heterocycles. The van der Waals surface area contributed by atoms with Gasteiger partial charge in [0.1, 0.15) is 5.58 Å². The zero-order chi connectivity index (χ0) is 48.5. The first-order valence-corrected chi connectivity index (χ1v) is 28.9. The molecule has 71 heavy (non-hydrogen) atoms. The minimum absolute atomic E-state index is 0. The molecule has 7 aromatic carbocycles. The standard InChI is InChI=1S/C51H47N2O.C14H16NSi.Ir/c1-31(2)40-27-36(34-20-22-42-43(29-34)51(6)25-23-50(42,5)24-26-51)28-41(32(3)4)47(40)53-45-18-11-10-17-44(45)52-49(53)39-16-12-15-38-37-21-19-35(30-46(37)54-48(38)39)33-13-8-7-9-14-33;1-16(2,3)13-9-10-14(15-11-13)12-7-5-4-6-8-12;/h7-15,17-22,27-32H,23-26H2,1-6H3;4-7,9-11H,1-3H3;/q2*-1;. The zero-order valence-electron chi connectivity index (χ0n) is 42.6. The second-order valence-electron chi connectivity index (χ2n) is 22.2. The van der Waals surface area contributed by atoms with Gasteiger partial charge >= 0.3 is 0 Å². The van der Waals surface area contributed by atoms with E-state index < -0.39 is 8.07 Å². The molecule has 0 N–H and O–H groups in total. The average Bonchev–Trinajstić information content (AvgIpc) is 3.95. The van der Waals surface area contributed by atoms with Gasteiger partial charge in [-0.3, -0.25) is 4.98 Å². The molecule has 6 heteroatoms. The summed E-state index contributed by atoms with van der Waals surface area (Å²) in [7, 11) is -1.23. The van der Waals surface area contributed by atoms with E-state index in [1.54, 1.807) is 11.1 Å². The third-order valence-corrected chi connectivity index (χ3v) is 17.7. The van der Waals surface area contributed by atoms with Gasteiger partial charge in [0.15, 0.2) is 0 Å². The van der Waals surface area contributed by atoms with Gasteiger partial charge in [0, 0.05) is 37.4 Å². The van der Waals surface area contributed by atoms with Crippen LogP contribution in [0.4, 0.5) is 0 Å². The van der Waals surface area contributed by atoms with Crippen molar-refractivity contribution in [1.29, 1.82) is 0 Å². The van der Waals surface area contributed by atoms with Crippen molar-refractivity contribution in [2.75, 3.05) is 0 Å². The van der Waals surface area contributed by atoms with E-state index in [-0.39, 0.29) is 37.4 Å². The van der Waals surface area contributed by atoms with Crippen molar-refractivity contribution in [2.24, 2.45) is 0 Å². The maximum absolute atomic E-state index is 6.82. The van der Waals surface area contributed by atoms with Crippen LogP contribution in [0.5, 0.6) is 0 Å². The number of benzene rings is 7. The van der Waals surface area contributed by atoms with Crippen molar-refractivity contribution in [3.05, 3.63) is 192 Å². The molecule has 0 saturated heterocycles. The molecule has 3 heterocycles. The predicted octanol–water partition coefficient (Wildman–Crippen LogP) is 17.2. The first kappa shape index (κ1) is 48.5. The van der Waals surface area contributed by atoms with Crippen LogP contribution in [0.15, 0.2) is 162 Å². The van der Waals surface area contributed by atoms with Gasteiger partial charge in [0.05, 0.1) is 30.5 Å². The van der Waals surface area contributed by atoms with Crippen molar-refractivity contribution < 1.29 is 24.5 Å². The number of imidazole rings is 1. The van der Waals surface area contributed by atoms with Crippen LogP contribution in [0.25, 0.3) is 83.6 Å². The van der Waals surface area contributed by atoms with Crippen LogP contribution in [0, 0.1) is 12.1 Å². The topological polar surface area (TPSA) is 43.9 Å².